The number of unbranched alkanes of at least 4 members (excludes halogenated alkanes) is 23. The summed E-state index contributed by atoms with van der Waals surface area (Å²) in [5.41, 5.74) is 0. The fraction of sp³-hybridized carbons (Fsp3) is 0.940. The zero-order valence-electron chi connectivity index (χ0n) is 38.9. The van der Waals surface area contributed by atoms with Gasteiger partial charge in [0.2, 0.25) is 5.91 Å². The molecule has 7 heteroatoms. The summed E-state index contributed by atoms with van der Waals surface area (Å²) in [6.07, 6.45) is 41.5. The van der Waals surface area contributed by atoms with Gasteiger partial charge in [0.05, 0.1) is 0 Å². The minimum absolute atomic E-state index is 0.00374. The smallest absolute Gasteiger partial charge is 0.306 e. The molecule has 0 saturated carbocycles. The van der Waals surface area contributed by atoms with Crippen LogP contribution in [0.1, 0.15) is 266 Å². The van der Waals surface area contributed by atoms with Gasteiger partial charge in [-0.3, -0.25) is 14.4 Å². The van der Waals surface area contributed by atoms with E-state index >= 15 is 0 Å². The maximum Gasteiger partial charge on any atom is 0.306 e. The Morgan fingerprint density at radius 3 is 1.12 bits per heavy atom. The van der Waals surface area contributed by atoms with Gasteiger partial charge in [-0.25, -0.2) is 0 Å². The highest BCUT2D eigenvalue weighted by Crippen LogP contribution is 2.19. The van der Waals surface area contributed by atoms with E-state index in [0.29, 0.717) is 12.8 Å². The quantitative estimate of drug-likeness (QED) is 0.0487. The Labute approximate surface area is 355 Å². The van der Waals surface area contributed by atoms with E-state index in [1.165, 1.54) is 141 Å². The van der Waals surface area contributed by atoms with Crippen LogP contribution in [0.25, 0.3) is 0 Å². The predicted octanol–water partition coefficient (Wildman–Crippen LogP) is 14.4. The van der Waals surface area contributed by atoms with Crippen LogP contribution in [0.4, 0.5) is 0 Å². The van der Waals surface area contributed by atoms with E-state index in [1.807, 2.05) is 0 Å². The van der Waals surface area contributed by atoms with Crippen LogP contribution < -0.4 is 5.32 Å². The van der Waals surface area contributed by atoms with Gasteiger partial charge < -0.3 is 19.7 Å². The summed E-state index contributed by atoms with van der Waals surface area (Å²) in [5, 5.41) is 2.95. The summed E-state index contributed by atoms with van der Waals surface area (Å²) >= 11 is 0. The lowest BCUT2D eigenvalue weighted by Gasteiger charge is -2.22. The van der Waals surface area contributed by atoms with Gasteiger partial charge in [0.15, 0.2) is 0 Å². The molecular weight excluding hydrogens is 709 g/mol. The average Bonchev–Trinajstić information content (AvgIpc) is 3.19. The minimum Gasteiger partial charge on any atom is -0.462 e. The fourth-order valence-electron chi connectivity index (χ4n) is 7.97. The van der Waals surface area contributed by atoms with E-state index in [9.17, 15) is 14.4 Å². The SMILES string of the molecule is CCCCCCCCC(CCC)OC(=O)CCCCCCCN(CCCCCCCC(=O)OC(CCCCCCCC)CCCCCCCC)CCCNC(C)=O. The summed E-state index contributed by atoms with van der Waals surface area (Å²) in [7, 11) is 0. The van der Waals surface area contributed by atoms with Crippen LogP contribution >= 0.6 is 0 Å². The Morgan fingerprint density at radius 1 is 0.404 bits per heavy atom. The van der Waals surface area contributed by atoms with Gasteiger partial charge in [-0.15, -0.1) is 0 Å². The number of carbonyl (C=O) groups is 3. The lowest BCUT2D eigenvalue weighted by atomic mass is 10.0. The van der Waals surface area contributed by atoms with Gasteiger partial charge in [-0.05, 0) is 96.7 Å². The molecule has 338 valence electrons. The minimum atomic E-state index is -0.00374. The van der Waals surface area contributed by atoms with E-state index in [0.717, 1.165) is 103 Å². The number of nitrogens with zero attached hydrogens (tertiary/aromatic N) is 1. The highest BCUT2D eigenvalue weighted by Gasteiger charge is 2.15. The molecule has 57 heavy (non-hydrogen) atoms. The molecule has 0 rings (SSSR count). The van der Waals surface area contributed by atoms with Crippen LogP contribution in [-0.4, -0.2) is 61.1 Å². The van der Waals surface area contributed by atoms with Crippen molar-refractivity contribution in [1.29, 1.82) is 0 Å². The van der Waals surface area contributed by atoms with Crippen molar-refractivity contribution < 1.29 is 23.9 Å². The summed E-state index contributed by atoms with van der Waals surface area (Å²) in [6, 6.07) is 0. The van der Waals surface area contributed by atoms with Gasteiger partial charge in [0.1, 0.15) is 12.2 Å². The lowest BCUT2D eigenvalue weighted by Crippen LogP contribution is -2.30. The molecule has 1 atom stereocenters. The normalized spacial score (nSPS) is 12.1. The molecule has 0 saturated heterocycles. The number of nitrogens with one attached hydrogen (secondary N) is 1. The van der Waals surface area contributed by atoms with Gasteiger partial charge >= 0.3 is 11.9 Å². The van der Waals surface area contributed by atoms with Crippen LogP contribution in [0.5, 0.6) is 0 Å². The number of hydrogen-bond donors (Lipinski definition) is 1. The van der Waals surface area contributed by atoms with E-state index in [2.05, 4.69) is 37.9 Å². The number of esters is 2. The molecule has 0 aliphatic carbocycles. The zero-order chi connectivity index (χ0) is 41.9. The van der Waals surface area contributed by atoms with Crippen LogP contribution in [0.3, 0.4) is 0 Å². The largest absolute Gasteiger partial charge is 0.462 e. The van der Waals surface area contributed by atoms with Crippen LogP contribution in [0.2, 0.25) is 0 Å². The first-order valence-corrected chi connectivity index (χ1v) is 25.2. The topological polar surface area (TPSA) is 84.9 Å². The molecule has 0 aromatic carbocycles. The predicted molar refractivity (Wildman–Crippen MR) is 244 cm³/mol. The Balaban J connectivity index is 4.37. The summed E-state index contributed by atoms with van der Waals surface area (Å²) in [4.78, 5) is 39.3. The molecule has 0 bridgehead atoms. The summed E-state index contributed by atoms with van der Waals surface area (Å²) in [5.74, 6) is 0.0525. The highest BCUT2D eigenvalue weighted by atomic mass is 16.5. The van der Waals surface area contributed by atoms with Crippen molar-refractivity contribution in [3.05, 3.63) is 0 Å². The van der Waals surface area contributed by atoms with Crippen LogP contribution in [0, 0.1) is 0 Å². The zero-order valence-corrected chi connectivity index (χ0v) is 38.9. The average molecular weight is 807 g/mol. The molecule has 0 aliphatic rings. The number of carbonyl (C=O) groups excluding carboxylic acids is 3. The Hall–Kier alpha value is -1.63. The van der Waals surface area contributed by atoms with Crippen molar-refractivity contribution in [2.45, 2.75) is 278 Å². The van der Waals surface area contributed by atoms with Crippen molar-refractivity contribution in [2.75, 3.05) is 26.2 Å². The van der Waals surface area contributed by atoms with E-state index in [4.69, 9.17) is 9.47 Å². The van der Waals surface area contributed by atoms with E-state index < -0.39 is 0 Å². The fourth-order valence-corrected chi connectivity index (χ4v) is 7.97. The maximum atomic E-state index is 12.8. The lowest BCUT2D eigenvalue weighted by molar-refractivity contribution is -0.151. The third kappa shape index (κ3) is 40.9. The number of amides is 1. The molecule has 0 aromatic heterocycles. The monoisotopic (exact) mass is 807 g/mol. The third-order valence-corrected chi connectivity index (χ3v) is 11.6. The highest BCUT2D eigenvalue weighted by molar-refractivity contribution is 5.72. The molecule has 1 N–H and O–H groups in total. The maximum absolute atomic E-state index is 12.8. The van der Waals surface area contributed by atoms with Crippen LogP contribution in [0.15, 0.2) is 0 Å². The number of hydrogen-bond acceptors (Lipinski definition) is 6. The summed E-state index contributed by atoms with van der Waals surface area (Å²) in [6.45, 7) is 14.5. The molecule has 0 spiro atoms. The molecule has 7 nitrogen and oxygen atoms in total. The Bertz CT molecular complexity index is 867. The van der Waals surface area contributed by atoms with Crippen molar-refractivity contribution in [1.82, 2.24) is 10.2 Å². The third-order valence-electron chi connectivity index (χ3n) is 11.6. The van der Waals surface area contributed by atoms with Gasteiger partial charge in [-0.1, -0.05) is 169 Å². The molecule has 0 fully saturated rings. The first-order chi connectivity index (χ1) is 27.9. The van der Waals surface area contributed by atoms with E-state index in [-0.39, 0.29) is 30.1 Å². The van der Waals surface area contributed by atoms with Crippen molar-refractivity contribution in [3.8, 4) is 0 Å². The molecule has 0 aliphatic heterocycles. The first-order valence-electron chi connectivity index (χ1n) is 25.2. The van der Waals surface area contributed by atoms with Gasteiger partial charge in [0, 0.05) is 26.3 Å². The van der Waals surface area contributed by atoms with Crippen molar-refractivity contribution in [2.24, 2.45) is 0 Å². The second-order valence-electron chi connectivity index (χ2n) is 17.4. The van der Waals surface area contributed by atoms with Crippen molar-refractivity contribution in [3.63, 3.8) is 0 Å². The molecule has 1 amide bonds. The molecule has 1 unspecified atom stereocenters. The first kappa shape index (κ1) is 55.4. The van der Waals surface area contributed by atoms with Crippen LogP contribution in [-0.2, 0) is 23.9 Å². The van der Waals surface area contributed by atoms with Crippen molar-refractivity contribution >= 4 is 17.8 Å². The molecule has 0 heterocycles. The number of rotatable bonds is 45. The Morgan fingerprint density at radius 2 is 0.737 bits per heavy atom. The molecule has 0 radical (unpaired) electrons. The molecular formula is C50H98N2O5. The molecule has 0 aromatic rings. The standard InChI is InChI=1S/C50H98N2O5/c1-6-10-13-16-21-28-37-47(36-9-4)56-49(54)40-31-24-19-26-33-43-52(45-35-42-51-46(5)53)44-34-27-20-25-32-41-50(55)57-48(38-29-22-17-14-11-7-2)39-30-23-18-15-12-8-3/h47-48H,6-45H2,1-5H3,(H,51,53). The second-order valence-corrected chi connectivity index (χ2v) is 17.4. The Kier molecular flexibility index (Phi) is 42.7. The van der Waals surface area contributed by atoms with Gasteiger partial charge in [-0.2, -0.15) is 0 Å². The van der Waals surface area contributed by atoms with Gasteiger partial charge in [0.25, 0.3) is 0 Å². The second kappa shape index (κ2) is 43.9. The number of ether oxygens (including phenoxy) is 2. The van der Waals surface area contributed by atoms with E-state index in [1.54, 1.807) is 6.92 Å². The summed E-state index contributed by atoms with van der Waals surface area (Å²) < 4.78 is 11.9.